The normalized spacial score (nSPS) is 25.3. The maximum atomic E-state index is 12.0. The number of Topliss-reactive ketones (excluding diaryl/α,β-unsaturated/α-hetero) is 1. The van der Waals surface area contributed by atoms with Gasteiger partial charge < -0.3 is 4.42 Å². The molecule has 82 valence electrons. The predicted octanol–water partition coefficient (Wildman–Crippen LogP) is 3.91. The van der Waals surface area contributed by atoms with Gasteiger partial charge in [-0.25, -0.2) is 0 Å². The first kappa shape index (κ1) is 10.9. The molecule has 1 aliphatic rings. The van der Waals surface area contributed by atoms with Crippen molar-refractivity contribution in [2.75, 3.05) is 0 Å². The molecule has 0 N–H and O–H groups in total. The molecule has 0 amide bonds. The van der Waals surface area contributed by atoms with Crippen molar-refractivity contribution in [2.24, 2.45) is 17.3 Å². The highest BCUT2D eigenvalue weighted by atomic mass is 79.9. The van der Waals surface area contributed by atoms with Gasteiger partial charge in [-0.1, -0.05) is 20.8 Å². The maximum Gasteiger partial charge on any atom is 0.201 e. The van der Waals surface area contributed by atoms with Crippen molar-refractivity contribution >= 4 is 21.7 Å². The summed E-state index contributed by atoms with van der Waals surface area (Å²) >= 11 is 3.21. The van der Waals surface area contributed by atoms with Crippen LogP contribution in [0.4, 0.5) is 0 Å². The molecule has 3 heteroatoms. The first-order valence-corrected chi connectivity index (χ1v) is 5.98. The quantitative estimate of drug-likeness (QED) is 0.763. The highest BCUT2D eigenvalue weighted by Gasteiger charge is 2.50. The molecular formula is C12H15BrO2. The lowest BCUT2D eigenvalue weighted by Crippen LogP contribution is -2.13. The van der Waals surface area contributed by atoms with Crippen LogP contribution < -0.4 is 0 Å². The van der Waals surface area contributed by atoms with E-state index in [2.05, 4.69) is 36.7 Å². The minimum absolute atomic E-state index is 0.153. The molecule has 0 radical (unpaired) electrons. The van der Waals surface area contributed by atoms with E-state index < -0.39 is 0 Å². The van der Waals surface area contributed by atoms with E-state index in [1.807, 2.05) is 0 Å². The second-order valence-corrected chi connectivity index (χ2v) is 6.06. The summed E-state index contributed by atoms with van der Waals surface area (Å²) in [4.78, 5) is 12.0. The number of furan rings is 1. The summed E-state index contributed by atoms with van der Waals surface area (Å²) in [5, 5.41) is 0. The Hall–Kier alpha value is -0.570. The molecule has 0 spiro atoms. The van der Waals surface area contributed by atoms with Gasteiger partial charge in [-0.05, 0) is 45.8 Å². The van der Waals surface area contributed by atoms with E-state index in [1.54, 1.807) is 12.1 Å². The van der Waals surface area contributed by atoms with Crippen LogP contribution in [-0.2, 0) is 0 Å². The molecule has 2 nitrogen and oxygen atoms in total. The summed E-state index contributed by atoms with van der Waals surface area (Å²) in [5.74, 6) is 1.32. The van der Waals surface area contributed by atoms with Crippen LogP contribution in [0.15, 0.2) is 21.2 Å². The van der Waals surface area contributed by atoms with Gasteiger partial charge in [0.2, 0.25) is 5.78 Å². The molecule has 2 unspecified atom stereocenters. The number of hydrogen-bond acceptors (Lipinski definition) is 2. The van der Waals surface area contributed by atoms with Crippen LogP contribution in [0.3, 0.4) is 0 Å². The molecule has 1 heterocycles. The first-order valence-electron chi connectivity index (χ1n) is 5.19. The molecule has 1 saturated carbocycles. The number of rotatable bonds is 2. The molecule has 2 atom stereocenters. The number of halogens is 1. The van der Waals surface area contributed by atoms with Gasteiger partial charge in [0, 0.05) is 5.92 Å². The topological polar surface area (TPSA) is 30.2 Å². The van der Waals surface area contributed by atoms with Crippen LogP contribution in [-0.4, -0.2) is 5.78 Å². The van der Waals surface area contributed by atoms with Crippen molar-refractivity contribution in [3.8, 4) is 0 Å². The fourth-order valence-corrected chi connectivity index (χ4v) is 2.38. The Labute approximate surface area is 98.2 Å². The molecule has 15 heavy (non-hydrogen) atoms. The Morgan fingerprint density at radius 2 is 2.13 bits per heavy atom. The van der Waals surface area contributed by atoms with Crippen LogP contribution >= 0.6 is 15.9 Å². The SMILES string of the molecule is CC(C)(C)C1CC1C(=O)c1ccc(Br)o1. The number of hydrogen-bond donors (Lipinski definition) is 0. The molecular weight excluding hydrogens is 256 g/mol. The molecule has 0 saturated heterocycles. The number of carbonyl (C=O) groups is 1. The van der Waals surface area contributed by atoms with Gasteiger partial charge in [0.05, 0.1) is 0 Å². The third kappa shape index (κ3) is 2.17. The minimum atomic E-state index is 0.153. The molecule has 0 aliphatic heterocycles. The standard InChI is InChI=1S/C12H15BrO2/c1-12(2,3)8-6-7(8)11(14)9-4-5-10(13)15-9/h4-5,7-8H,6H2,1-3H3. The van der Waals surface area contributed by atoms with Gasteiger partial charge in [-0.15, -0.1) is 0 Å². The van der Waals surface area contributed by atoms with E-state index in [1.165, 1.54) is 0 Å². The lowest BCUT2D eigenvalue weighted by atomic mass is 9.88. The monoisotopic (exact) mass is 270 g/mol. The van der Waals surface area contributed by atoms with E-state index in [-0.39, 0.29) is 17.1 Å². The number of ketones is 1. The van der Waals surface area contributed by atoms with E-state index >= 15 is 0 Å². The summed E-state index contributed by atoms with van der Waals surface area (Å²) in [7, 11) is 0. The largest absolute Gasteiger partial charge is 0.446 e. The lowest BCUT2D eigenvalue weighted by molar-refractivity contribution is 0.0920. The van der Waals surface area contributed by atoms with Crippen LogP contribution in [0.1, 0.15) is 37.7 Å². The van der Waals surface area contributed by atoms with Gasteiger partial charge in [-0.2, -0.15) is 0 Å². The fraction of sp³-hybridized carbons (Fsp3) is 0.583. The molecule has 1 aromatic heterocycles. The molecule has 1 aromatic rings. The highest BCUT2D eigenvalue weighted by molar-refractivity contribution is 9.10. The van der Waals surface area contributed by atoms with Crippen molar-refractivity contribution in [1.82, 2.24) is 0 Å². The molecule has 2 rings (SSSR count). The third-order valence-electron chi connectivity index (χ3n) is 3.06. The van der Waals surface area contributed by atoms with Gasteiger partial charge >= 0.3 is 0 Å². The van der Waals surface area contributed by atoms with E-state index in [4.69, 9.17) is 4.42 Å². The predicted molar refractivity (Wildman–Crippen MR) is 61.8 cm³/mol. The second-order valence-electron chi connectivity index (χ2n) is 5.28. The molecule has 1 aliphatic carbocycles. The van der Waals surface area contributed by atoms with Gasteiger partial charge in [-0.3, -0.25) is 4.79 Å². The lowest BCUT2D eigenvalue weighted by Gasteiger charge is -2.17. The fourth-order valence-electron chi connectivity index (χ4n) is 2.07. The highest BCUT2D eigenvalue weighted by Crippen LogP contribution is 2.52. The van der Waals surface area contributed by atoms with Crippen LogP contribution in [0, 0.1) is 17.3 Å². The van der Waals surface area contributed by atoms with Crippen LogP contribution in [0.5, 0.6) is 0 Å². The Morgan fingerprint density at radius 3 is 2.53 bits per heavy atom. The van der Waals surface area contributed by atoms with Crippen molar-refractivity contribution in [2.45, 2.75) is 27.2 Å². The Balaban J connectivity index is 2.07. The Morgan fingerprint density at radius 1 is 1.47 bits per heavy atom. The van der Waals surface area contributed by atoms with E-state index in [0.29, 0.717) is 16.3 Å². The summed E-state index contributed by atoms with van der Waals surface area (Å²) in [6.07, 6.45) is 1.00. The third-order valence-corrected chi connectivity index (χ3v) is 3.48. The zero-order valence-electron chi connectivity index (χ0n) is 9.21. The molecule has 0 bridgehead atoms. The summed E-state index contributed by atoms with van der Waals surface area (Å²) in [6, 6.07) is 3.51. The van der Waals surface area contributed by atoms with Crippen LogP contribution in [0.25, 0.3) is 0 Å². The maximum absolute atomic E-state index is 12.0. The van der Waals surface area contributed by atoms with Crippen molar-refractivity contribution in [1.29, 1.82) is 0 Å². The Kier molecular flexibility index (Phi) is 2.53. The summed E-state index contributed by atoms with van der Waals surface area (Å²) in [6.45, 7) is 6.55. The van der Waals surface area contributed by atoms with E-state index in [0.717, 1.165) is 6.42 Å². The Bertz CT molecular complexity index is 387. The average Bonchev–Trinajstić information content (AvgIpc) is 2.82. The van der Waals surface area contributed by atoms with Crippen molar-refractivity contribution < 1.29 is 9.21 Å². The van der Waals surface area contributed by atoms with Crippen molar-refractivity contribution in [3.05, 3.63) is 22.6 Å². The smallest absolute Gasteiger partial charge is 0.201 e. The summed E-state index contributed by atoms with van der Waals surface area (Å²) in [5.41, 5.74) is 0.226. The summed E-state index contributed by atoms with van der Waals surface area (Å²) < 4.78 is 5.90. The molecule has 1 fully saturated rings. The average molecular weight is 271 g/mol. The van der Waals surface area contributed by atoms with Crippen molar-refractivity contribution in [3.63, 3.8) is 0 Å². The van der Waals surface area contributed by atoms with E-state index in [9.17, 15) is 4.79 Å². The van der Waals surface area contributed by atoms with Gasteiger partial charge in [0.1, 0.15) is 0 Å². The molecule has 0 aromatic carbocycles. The van der Waals surface area contributed by atoms with Gasteiger partial charge in [0.15, 0.2) is 10.4 Å². The zero-order chi connectivity index (χ0) is 11.2. The number of carbonyl (C=O) groups excluding carboxylic acids is 1. The second kappa shape index (κ2) is 3.48. The first-order chi connectivity index (χ1) is 6.89. The zero-order valence-corrected chi connectivity index (χ0v) is 10.8. The minimum Gasteiger partial charge on any atom is -0.446 e. The van der Waals surface area contributed by atoms with Crippen LogP contribution in [0.2, 0.25) is 0 Å². The van der Waals surface area contributed by atoms with Gasteiger partial charge in [0.25, 0.3) is 0 Å².